The van der Waals surface area contributed by atoms with E-state index in [4.69, 9.17) is 4.52 Å². The molecule has 6 heteroatoms. The van der Waals surface area contributed by atoms with Crippen LogP contribution in [0.4, 0.5) is 13.2 Å². The molecule has 0 unspecified atom stereocenters. The molecule has 17 heavy (non-hydrogen) atoms. The Morgan fingerprint density at radius 3 is 2.65 bits per heavy atom. The van der Waals surface area contributed by atoms with Gasteiger partial charge in [-0.25, -0.2) is 0 Å². The van der Waals surface area contributed by atoms with Crippen LogP contribution in [0.2, 0.25) is 0 Å². The fraction of sp³-hybridized carbons (Fsp3) is 0.273. The van der Waals surface area contributed by atoms with Crippen molar-refractivity contribution in [3.8, 4) is 0 Å². The lowest BCUT2D eigenvalue weighted by molar-refractivity contribution is -0.137. The number of alkyl halides is 3. The fourth-order valence-electron chi connectivity index (χ4n) is 1.55. The molecular formula is C11H9F3N2O. The van der Waals surface area contributed by atoms with Gasteiger partial charge in [-0.3, -0.25) is 4.99 Å². The van der Waals surface area contributed by atoms with E-state index in [0.717, 1.165) is 12.1 Å². The van der Waals surface area contributed by atoms with Crippen LogP contribution < -0.4 is 0 Å². The number of aromatic nitrogens is 1. The number of fused-ring (bicyclic) bond motifs is 1. The van der Waals surface area contributed by atoms with E-state index in [2.05, 4.69) is 10.1 Å². The minimum Gasteiger partial charge on any atom is -0.356 e. The van der Waals surface area contributed by atoms with Crippen LogP contribution in [0.5, 0.6) is 0 Å². The standard InChI is InChI=1S/C11H9F3N2O/c1-6(15-2)8-3-7(11(12,13)14)4-10-9(8)5-16-17-10/h3-5H,1-2H3. The predicted molar refractivity (Wildman–Crippen MR) is 57.1 cm³/mol. The topological polar surface area (TPSA) is 38.4 Å². The number of rotatable bonds is 1. The van der Waals surface area contributed by atoms with Crippen molar-refractivity contribution in [2.24, 2.45) is 4.99 Å². The second kappa shape index (κ2) is 3.87. The molecule has 0 saturated heterocycles. The smallest absolute Gasteiger partial charge is 0.356 e. The number of aliphatic imine (C=N–C) groups is 1. The normalized spacial score (nSPS) is 13.4. The van der Waals surface area contributed by atoms with Crippen molar-refractivity contribution >= 4 is 16.7 Å². The Morgan fingerprint density at radius 2 is 2.06 bits per heavy atom. The zero-order valence-electron chi connectivity index (χ0n) is 9.17. The highest BCUT2D eigenvalue weighted by atomic mass is 19.4. The summed E-state index contributed by atoms with van der Waals surface area (Å²) < 4.78 is 42.8. The second-order valence-electron chi connectivity index (χ2n) is 3.57. The van der Waals surface area contributed by atoms with Gasteiger partial charge >= 0.3 is 6.18 Å². The van der Waals surface area contributed by atoms with Crippen molar-refractivity contribution in [3.05, 3.63) is 29.5 Å². The Hall–Kier alpha value is -1.85. The monoisotopic (exact) mass is 242 g/mol. The summed E-state index contributed by atoms with van der Waals surface area (Å²) in [4.78, 5) is 3.89. The first-order valence-electron chi connectivity index (χ1n) is 4.83. The summed E-state index contributed by atoms with van der Waals surface area (Å²) >= 11 is 0. The van der Waals surface area contributed by atoms with Crippen LogP contribution in [0.15, 0.2) is 27.8 Å². The second-order valence-corrected chi connectivity index (χ2v) is 3.57. The maximum Gasteiger partial charge on any atom is 0.416 e. The van der Waals surface area contributed by atoms with Gasteiger partial charge in [-0.1, -0.05) is 5.16 Å². The van der Waals surface area contributed by atoms with Crippen molar-refractivity contribution in [1.82, 2.24) is 5.16 Å². The van der Waals surface area contributed by atoms with Gasteiger partial charge in [0.05, 0.1) is 17.1 Å². The molecule has 1 aromatic carbocycles. The SMILES string of the molecule is CN=C(C)c1cc(C(F)(F)F)cc2oncc12. The van der Waals surface area contributed by atoms with Crippen molar-refractivity contribution < 1.29 is 17.7 Å². The van der Waals surface area contributed by atoms with Crippen LogP contribution in [-0.2, 0) is 6.18 Å². The summed E-state index contributed by atoms with van der Waals surface area (Å²) in [6.07, 6.45) is -3.02. The summed E-state index contributed by atoms with van der Waals surface area (Å²) in [6, 6.07) is 2.00. The lowest BCUT2D eigenvalue weighted by atomic mass is 10.0. The Kier molecular flexibility index (Phi) is 2.65. The Balaban J connectivity index is 2.76. The molecule has 1 aromatic heterocycles. The van der Waals surface area contributed by atoms with Crippen LogP contribution >= 0.6 is 0 Å². The summed E-state index contributed by atoms with van der Waals surface area (Å²) in [5.74, 6) is 0. The Labute approximate surface area is 94.9 Å². The summed E-state index contributed by atoms with van der Waals surface area (Å²) in [6.45, 7) is 1.64. The molecule has 0 saturated carbocycles. The van der Waals surface area contributed by atoms with Crippen molar-refractivity contribution in [1.29, 1.82) is 0 Å². The molecule has 0 atom stereocenters. The first-order valence-corrected chi connectivity index (χ1v) is 4.83. The van der Waals surface area contributed by atoms with Crippen molar-refractivity contribution in [2.75, 3.05) is 7.05 Å². The van der Waals surface area contributed by atoms with Gasteiger partial charge in [-0.05, 0) is 19.1 Å². The van der Waals surface area contributed by atoms with Gasteiger partial charge < -0.3 is 4.52 Å². The van der Waals surface area contributed by atoms with Crippen molar-refractivity contribution in [2.45, 2.75) is 13.1 Å². The number of halogens is 3. The number of benzene rings is 1. The van der Waals surface area contributed by atoms with Crippen LogP contribution in [0.3, 0.4) is 0 Å². The van der Waals surface area contributed by atoms with Gasteiger partial charge in [0.2, 0.25) is 0 Å². The summed E-state index contributed by atoms with van der Waals surface area (Å²) in [5.41, 5.74) is 0.237. The predicted octanol–water partition coefficient (Wildman–Crippen LogP) is 3.29. The number of nitrogens with zero attached hydrogens (tertiary/aromatic N) is 2. The lowest BCUT2D eigenvalue weighted by Gasteiger charge is -2.09. The Bertz CT molecular complexity index is 584. The summed E-state index contributed by atoms with van der Waals surface area (Å²) in [5, 5.41) is 4.03. The molecule has 0 aliphatic carbocycles. The maximum atomic E-state index is 12.7. The van der Waals surface area contributed by atoms with E-state index in [1.807, 2.05) is 0 Å². The first-order chi connectivity index (χ1) is 7.93. The maximum absolute atomic E-state index is 12.7. The molecule has 0 aliphatic heterocycles. The average molecular weight is 242 g/mol. The van der Waals surface area contributed by atoms with E-state index in [0.29, 0.717) is 16.7 Å². The van der Waals surface area contributed by atoms with Crippen molar-refractivity contribution in [3.63, 3.8) is 0 Å². The summed E-state index contributed by atoms with van der Waals surface area (Å²) in [7, 11) is 1.52. The van der Waals surface area contributed by atoms with E-state index < -0.39 is 11.7 Å². The minimum absolute atomic E-state index is 0.109. The third-order valence-electron chi connectivity index (χ3n) is 2.53. The lowest BCUT2D eigenvalue weighted by Crippen LogP contribution is -2.07. The quantitative estimate of drug-likeness (QED) is 0.720. The fourth-order valence-corrected chi connectivity index (χ4v) is 1.55. The zero-order valence-corrected chi connectivity index (χ0v) is 9.17. The largest absolute Gasteiger partial charge is 0.416 e. The van der Waals surface area contributed by atoms with Crippen LogP contribution in [0.1, 0.15) is 18.1 Å². The van der Waals surface area contributed by atoms with Gasteiger partial charge in [0.1, 0.15) is 0 Å². The molecule has 0 N–H and O–H groups in total. The third kappa shape index (κ3) is 2.02. The highest BCUT2D eigenvalue weighted by Gasteiger charge is 2.32. The molecule has 1 heterocycles. The van der Waals surface area contributed by atoms with Gasteiger partial charge in [-0.15, -0.1) is 0 Å². The minimum atomic E-state index is -4.41. The molecule has 0 spiro atoms. The third-order valence-corrected chi connectivity index (χ3v) is 2.53. The highest BCUT2D eigenvalue weighted by molar-refractivity contribution is 6.08. The van der Waals surface area contributed by atoms with Gasteiger partial charge in [0, 0.05) is 18.3 Å². The molecule has 2 rings (SSSR count). The van der Waals surface area contributed by atoms with Gasteiger partial charge in [0.15, 0.2) is 5.58 Å². The van der Waals surface area contributed by atoms with Crippen LogP contribution in [-0.4, -0.2) is 17.9 Å². The van der Waals surface area contributed by atoms with E-state index >= 15 is 0 Å². The number of hydrogen-bond donors (Lipinski definition) is 0. The average Bonchev–Trinajstić information content (AvgIpc) is 2.73. The van der Waals surface area contributed by atoms with E-state index in [-0.39, 0.29) is 5.58 Å². The van der Waals surface area contributed by atoms with E-state index in [1.165, 1.54) is 13.2 Å². The molecule has 3 nitrogen and oxygen atoms in total. The molecule has 90 valence electrons. The van der Waals surface area contributed by atoms with Crippen LogP contribution in [0, 0.1) is 0 Å². The van der Waals surface area contributed by atoms with E-state index in [9.17, 15) is 13.2 Å². The molecule has 0 radical (unpaired) electrons. The molecule has 2 aromatic rings. The number of hydrogen-bond acceptors (Lipinski definition) is 3. The molecule has 0 fully saturated rings. The highest BCUT2D eigenvalue weighted by Crippen LogP contribution is 2.33. The molecule has 0 bridgehead atoms. The van der Waals surface area contributed by atoms with Crippen LogP contribution in [0.25, 0.3) is 11.0 Å². The molecule has 0 aliphatic rings. The first kappa shape index (κ1) is 11.6. The Morgan fingerprint density at radius 1 is 1.35 bits per heavy atom. The zero-order chi connectivity index (χ0) is 12.6. The van der Waals surface area contributed by atoms with Gasteiger partial charge in [-0.2, -0.15) is 13.2 Å². The van der Waals surface area contributed by atoms with Gasteiger partial charge in [0.25, 0.3) is 0 Å². The van der Waals surface area contributed by atoms with E-state index in [1.54, 1.807) is 6.92 Å². The molecule has 0 amide bonds. The molecular weight excluding hydrogens is 233 g/mol.